The molecule has 1 aromatic carbocycles. The van der Waals surface area contributed by atoms with Crippen molar-refractivity contribution in [1.29, 1.82) is 0 Å². The number of hydrogen-bond acceptors (Lipinski definition) is 1. The molecule has 1 nitrogen and oxygen atoms in total. The molecule has 2 rings (SSSR count). The van der Waals surface area contributed by atoms with Crippen molar-refractivity contribution in [2.45, 2.75) is 12.8 Å². The minimum absolute atomic E-state index is 0.325. The van der Waals surface area contributed by atoms with Gasteiger partial charge in [-0.15, -0.1) is 0 Å². The fraction of sp³-hybridized carbons (Fsp3) is 0.455. The fourth-order valence-electron chi connectivity index (χ4n) is 1.31. The quantitative estimate of drug-likeness (QED) is 0.742. The normalized spacial score (nSPS) is 17.5. The van der Waals surface area contributed by atoms with Gasteiger partial charge in [0.1, 0.15) is 5.75 Å². The van der Waals surface area contributed by atoms with E-state index >= 15 is 0 Å². The van der Waals surface area contributed by atoms with E-state index in [2.05, 4.69) is 15.9 Å². The Labute approximate surface area is 108 Å². The highest BCUT2D eigenvalue weighted by Crippen LogP contribution is 2.47. The first-order chi connectivity index (χ1) is 7.15. The van der Waals surface area contributed by atoms with Crippen molar-refractivity contribution in [1.82, 2.24) is 0 Å². The van der Waals surface area contributed by atoms with E-state index < -0.39 is 0 Å². The van der Waals surface area contributed by atoms with Gasteiger partial charge in [0.2, 0.25) is 0 Å². The van der Waals surface area contributed by atoms with E-state index in [1.165, 1.54) is 12.8 Å². The van der Waals surface area contributed by atoms with Crippen molar-refractivity contribution >= 4 is 39.1 Å². The molecule has 0 bridgehead atoms. The van der Waals surface area contributed by atoms with Crippen LogP contribution in [0.5, 0.6) is 5.75 Å². The predicted octanol–water partition coefficient (Wildman–Crippen LogP) is 4.55. The van der Waals surface area contributed by atoms with Gasteiger partial charge in [0, 0.05) is 21.8 Å². The topological polar surface area (TPSA) is 9.23 Å². The zero-order chi connectivity index (χ0) is 10.9. The third-order valence-corrected chi connectivity index (χ3v) is 4.40. The Bertz CT molecular complexity index is 364. The number of rotatable bonds is 4. The minimum Gasteiger partial charge on any atom is -0.491 e. The molecule has 4 heteroatoms. The van der Waals surface area contributed by atoms with Crippen LogP contribution in [-0.4, -0.2) is 11.9 Å². The monoisotopic (exact) mass is 308 g/mol. The van der Waals surface area contributed by atoms with E-state index in [-0.39, 0.29) is 0 Å². The molecule has 82 valence electrons. The van der Waals surface area contributed by atoms with E-state index in [1.807, 2.05) is 0 Å². The maximum absolute atomic E-state index is 5.99. The van der Waals surface area contributed by atoms with Gasteiger partial charge < -0.3 is 4.74 Å². The van der Waals surface area contributed by atoms with Crippen LogP contribution >= 0.6 is 39.1 Å². The molecule has 1 fully saturated rings. The van der Waals surface area contributed by atoms with E-state index in [9.17, 15) is 0 Å². The molecule has 1 aliphatic carbocycles. The summed E-state index contributed by atoms with van der Waals surface area (Å²) in [5.74, 6) is 0.677. The van der Waals surface area contributed by atoms with Gasteiger partial charge >= 0.3 is 0 Å². The molecule has 0 aliphatic heterocycles. The first kappa shape index (κ1) is 11.6. The standard InChI is InChI=1S/C11H11BrCl2O/c12-6-11(3-4-11)7-15-10-5-8(13)1-2-9(10)14/h1-2,5H,3-4,6-7H2. The van der Waals surface area contributed by atoms with Gasteiger partial charge in [-0.1, -0.05) is 39.1 Å². The van der Waals surface area contributed by atoms with E-state index in [1.54, 1.807) is 18.2 Å². The Kier molecular flexibility index (Phi) is 3.49. The van der Waals surface area contributed by atoms with Gasteiger partial charge in [-0.05, 0) is 25.0 Å². The highest BCUT2D eigenvalue weighted by Gasteiger charge is 2.42. The van der Waals surface area contributed by atoms with Gasteiger partial charge in [0.25, 0.3) is 0 Å². The maximum atomic E-state index is 5.99. The van der Waals surface area contributed by atoms with Gasteiger partial charge in [-0.25, -0.2) is 0 Å². The third kappa shape index (κ3) is 2.80. The average Bonchev–Trinajstić information content (AvgIpc) is 3.00. The van der Waals surface area contributed by atoms with Crippen LogP contribution in [-0.2, 0) is 0 Å². The van der Waals surface area contributed by atoms with Crippen LogP contribution in [0.25, 0.3) is 0 Å². The summed E-state index contributed by atoms with van der Waals surface area (Å²) in [5.41, 5.74) is 0.325. The number of ether oxygens (including phenoxy) is 1. The summed E-state index contributed by atoms with van der Waals surface area (Å²) in [6, 6.07) is 5.27. The molecule has 1 aliphatic rings. The first-order valence-corrected chi connectivity index (χ1v) is 6.67. The molecule has 0 radical (unpaired) electrons. The summed E-state index contributed by atoms with van der Waals surface area (Å²) < 4.78 is 5.69. The Hall–Kier alpha value is 0.0800. The lowest BCUT2D eigenvalue weighted by molar-refractivity contribution is 0.251. The molecule has 1 aromatic rings. The van der Waals surface area contributed by atoms with Crippen LogP contribution in [0, 0.1) is 5.41 Å². The van der Waals surface area contributed by atoms with Gasteiger partial charge in [0.05, 0.1) is 11.6 Å². The second-order valence-corrected chi connectivity index (χ2v) is 5.40. The molecule has 0 aromatic heterocycles. The molecule has 15 heavy (non-hydrogen) atoms. The lowest BCUT2D eigenvalue weighted by atomic mass is 10.2. The van der Waals surface area contributed by atoms with Crippen molar-refractivity contribution in [3.8, 4) is 5.75 Å². The van der Waals surface area contributed by atoms with Crippen LogP contribution in [0.3, 0.4) is 0 Å². The molecule has 0 heterocycles. The average molecular weight is 310 g/mol. The highest BCUT2D eigenvalue weighted by molar-refractivity contribution is 9.09. The highest BCUT2D eigenvalue weighted by atomic mass is 79.9. The van der Waals surface area contributed by atoms with E-state index in [4.69, 9.17) is 27.9 Å². The molecule has 0 saturated heterocycles. The molecule has 0 unspecified atom stereocenters. The summed E-state index contributed by atoms with van der Waals surface area (Å²) in [4.78, 5) is 0. The largest absolute Gasteiger partial charge is 0.491 e. The molecule has 1 saturated carbocycles. The Morgan fingerprint density at radius 1 is 1.33 bits per heavy atom. The molecule has 0 atom stereocenters. The summed E-state index contributed by atoms with van der Waals surface area (Å²) in [6.45, 7) is 0.707. The van der Waals surface area contributed by atoms with Crippen molar-refractivity contribution < 1.29 is 4.74 Å². The van der Waals surface area contributed by atoms with Crippen LogP contribution in [0.1, 0.15) is 12.8 Å². The van der Waals surface area contributed by atoms with Crippen molar-refractivity contribution in [2.24, 2.45) is 5.41 Å². The van der Waals surface area contributed by atoms with Gasteiger partial charge in [-0.3, -0.25) is 0 Å². The van der Waals surface area contributed by atoms with Crippen LogP contribution in [0.15, 0.2) is 18.2 Å². The Morgan fingerprint density at radius 3 is 2.67 bits per heavy atom. The maximum Gasteiger partial charge on any atom is 0.139 e. The number of halogens is 3. The zero-order valence-electron chi connectivity index (χ0n) is 8.10. The molecule has 0 N–H and O–H groups in total. The second-order valence-electron chi connectivity index (χ2n) is 4.00. The third-order valence-electron chi connectivity index (χ3n) is 2.67. The van der Waals surface area contributed by atoms with Crippen molar-refractivity contribution in [2.75, 3.05) is 11.9 Å². The predicted molar refractivity (Wildman–Crippen MR) is 67.4 cm³/mol. The lowest BCUT2D eigenvalue weighted by Gasteiger charge is -2.14. The molecular weight excluding hydrogens is 299 g/mol. The SMILES string of the molecule is Clc1ccc(Cl)c(OCC2(CBr)CC2)c1. The first-order valence-electron chi connectivity index (χ1n) is 4.79. The number of alkyl halides is 1. The van der Waals surface area contributed by atoms with Gasteiger partial charge in [0.15, 0.2) is 0 Å². The van der Waals surface area contributed by atoms with Crippen molar-refractivity contribution in [3.63, 3.8) is 0 Å². The van der Waals surface area contributed by atoms with Gasteiger partial charge in [-0.2, -0.15) is 0 Å². The smallest absolute Gasteiger partial charge is 0.139 e. The Morgan fingerprint density at radius 2 is 2.07 bits per heavy atom. The number of benzene rings is 1. The Balaban J connectivity index is 2.01. The molecule has 0 spiro atoms. The second kappa shape index (κ2) is 4.52. The lowest BCUT2D eigenvalue weighted by Crippen LogP contribution is -2.14. The van der Waals surface area contributed by atoms with E-state index in [0.29, 0.717) is 27.8 Å². The summed E-state index contributed by atoms with van der Waals surface area (Å²) in [5, 5.41) is 2.25. The van der Waals surface area contributed by atoms with Crippen LogP contribution in [0.4, 0.5) is 0 Å². The van der Waals surface area contributed by atoms with E-state index in [0.717, 1.165) is 5.33 Å². The van der Waals surface area contributed by atoms with Crippen LogP contribution < -0.4 is 4.74 Å². The molecular formula is C11H11BrCl2O. The zero-order valence-corrected chi connectivity index (χ0v) is 11.2. The summed E-state index contributed by atoms with van der Waals surface area (Å²) in [7, 11) is 0. The molecule has 0 amide bonds. The fourth-order valence-corrected chi connectivity index (χ4v) is 2.37. The number of hydrogen-bond donors (Lipinski definition) is 0. The minimum atomic E-state index is 0.325. The summed E-state index contributed by atoms with van der Waals surface area (Å²) in [6.07, 6.45) is 2.44. The van der Waals surface area contributed by atoms with Crippen LogP contribution in [0.2, 0.25) is 10.0 Å². The summed E-state index contributed by atoms with van der Waals surface area (Å²) >= 11 is 15.4. The van der Waals surface area contributed by atoms with Crippen molar-refractivity contribution in [3.05, 3.63) is 28.2 Å².